The fourth-order valence-electron chi connectivity index (χ4n) is 3.60. The van der Waals surface area contributed by atoms with Gasteiger partial charge in [0.15, 0.2) is 0 Å². The predicted octanol–water partition coefficient (Wildman–Crippen LogP) is 3.22. The zero-order chi connectivity index (χ0) is 16.4. The third-order valence-corrected chi connectivity index (χ3v) is 6.91. The fourth-order valence-corrected chi connectivity index (χ4v) is 5.22. The van der Waals surface area contributed by atoms with Crippen LogP contribution in [0.3, 0.4) is 0 Å². The highest BCUT2D eigenvalue weighted by molar-refractivity contribution is 7.91. The SMILES string of the molecule is O=C(C1CCS(=O)(=O)CC1)N1CCCCC1c1ccc(Cl)cc1. The van der Waals surface area contributed by atoms with Crippen molar-refractivity contribution in [2.24, 2.45) is 5.92 Å². The Morgan fingerprint density at radius 3 is 2.35 bits per heavy atom. The Morgan fingerprint density at radius 1 is 1.04 bits per heavy atom. The monoisotopic (exact) mass is 355 g/mol. The number of hydrogen-bond acceptors (Lipinski definition) is 3. The van der Waals surface area contributed by atoms with Crippen molar-refractivity contribution in [1.29, 1.82) is 0 Å². The van der Waals surface area contributed by atoms with Gasteiger partial charge in [-0.2, -0.15) is 0 Å². The van der Waals surface area contributed by atoms with Crippen molar-refractivity contribution in [1.82, 2.24) is 4.90 Å². The van der Waals surface area contributed by atoms with E-state index in [1.165, 1.54) is 0 Å². The highest BCUT2D eigenvalue weighted by atomic mass is 35.5. The van der Waals surface area contributed by atoms with Gasteiger partial charge in [0.2, 0.25) is 5.91 Å². The zero-order valence-electron chi connectivity index (χ0n) is 13.1. The maximum Gasteiger partial charge on any atom is 0.226 e. The average Bonchev–Trinajstić information content (AvgIpc) is 2.55. The minimum absolute atomic E-state index is 0.0899. The van der Waals surface area contributed by atoms with Gasteiger partial charge in [-0.1, -0.05) is 23.7 Å². The molecule has 1 unspecified atom stereocenters. The summed E-state index contributed by atoms with van der Waals surface area (Å²) in [6, 6.07) is 7.79. The molecule has 6 heteroatoms. The smallest absolute Gasteiger partial charge is 0.226 e. The molecule has 0 bridgehead atoms. The number of carbonyl (C=O) groups is 1. The molecular formula is C17H22ClNO3S. The molecule has 0 radical (unpaired) electrons. The van der Waals surface area contributed by atoms with Crippen LogP contribution in [0.2, 0.25) is 5.02 Å². The van der Waals surface area contributed by atoms with Crippen LogP contribution in [0.1, 0.15) is 43.7 Å². The molecule has 0 saturated carbocycles. The van der Waals surface area contributed by atoms with Gasteiger partial charge in [-0.25, -0.2) is 8.42 Å². The van der Waals surface area contributed by atoms with Gasteiger partial charge >= 0.3 is 0 Å². The first-order chi connectivity index (χ1) is 11.0. The molecule has 2 aliphatic rings. The van der Waals surface area contributed by atoms with Crippen molar-refractivity contribution in [3.05, 3.63) is 34.9 Å². The number of nitrogens with zero attached hydrogens (tertiary/aromatic N) is 1. The lowest BCUT2D eigenvalue weighted by molar-refractivity contribution is -0.139. The minimum Gasteiger partial charge on any atom is -0.335 e. The fraction of sp³-hybridized carbons (Fsp3) is 0.588. The van der Waals surface area contributed by atoms with Crippen molar-refractivity contribution >= 4 is 27.3 Å². The molecule has 0 aliphatic carbocycles. The van der Waals surface area contributed by atoms with E-state index in [9.17, 15) is 13.2 Å². The molecule has 1 aromatic rings. The lowest BCUT2D eigenvalue weighted by atomic mass is 9.92. The van der Waals surface area contributed by atoms with Crippen LogP contribution in [0.15, 0.2) is 24.3 Å². The number of carbonyl (C=O) groups excluding carboxylic acids is 1. The standard InChI is InChI=1S/C17H22ClNO3S/c18-15-6-4-13(5-7-15)16-3-1-2-10-19(16)17(20)14-8-11-23(21,22)12-9-14/h4-7,14,16H,1-3,8-12H2. The summed E-state index contributed by atoms with van der Waals surface area (Å²) in [5, 5.41) is 0.694. The Bertz CT molecular complexity index is 658. The van der Waals surface area contributed by atoms with E-state index >= 15 is 0 Å². The predicted molar refractivity (Wildman–Crippen MR) is 91.1 cm³/mol. The van der Waals surface area contributed by atoms with E-state index in [-0.39, 0.29) is 29.4 Å². The van der Waals surface area contributed by atoms with E-state index in [1.807, 2.05) is 29.2 Å². The van der Waals surface area contributed by atoms with Crippen LogP contribution in [-0.4, -0.2) is 37.3 Å². The summed E-state index contributed by atoms with van der Waals surface area (Å²) < 4.78 is 23.2. The van der Waals surface area contributed by atoms with Crippen LogP contribution in [-0.2, 0) is 14.6 Å². The van der Waals surface area contributed by atoms with Gasteiger partial charge in [-0.05, 0) is 49.8 Å². The Morgan fingerprint density at radius 2 is 1.70 bits per heavy atom. The van der Waals surface area contributed by atoms with Crippen molar-refractivity contribution in [3.8, 4) is 0 Å². The van der Waals surface area contributed by atoms with E-state index in [4.69, 9.17) is 11.6 Å². The molecule has 2 aliphatic heterocycles. The maximum atomic E-state index is 12.9. The number of amides is 1. The highest BCUT2D eigenvalue weighted by Gasteiger charge is 2.35. The van der Waals surface area contributed by atoms with Gasteiger partial charge < -0.3 is 4.90 Å². The lowest BCUT2D eigenvalue weighted by Crippen LogP contribution is -2.44. The van der Waals surface area contributed by atoms with Crippen molar-refractivity contribution in [2.45, 2.75) is 38.1 Å². The first-order valence-electron chi connectivity index (χ1n) is 8.23. The molecule has 126 valence electrons. The molecule has 2 fully saturated rings. The number of likely N-dealkylation sites (tertiary alicyclic amines) is 1. The zero-order valence-corrected chi connectivity index (χ0v) is 14.7. The second-order valence-electron chi connectivity index (χ2n) is 6.52. The summed E-state index contributed by atoms with van der Waals surface area (Å²) in [5.74, 6) is 0.261. The number of rotatable bonds is 2. The Balaban J connectivity index is 1.76. The molecule has 0 spiro atoms. The molecule has 23 heavy (non-hydrogen) atoms. The van der Waals surface area contributed by atoms with E-state index < -0.39 is 9.84 Å². The van der Waals surface area contributed by atoms with Crippen molar-refractivity contribution in [2.75, 3.05) is 18.1 Å². The molecule has 0 aromatic heterocycles. The van der Waals surface area contributed by atoms with Crippen molar-refractivity contribution < 1.29 is 13.2 Å². The summed E-state index contributed by atoms with van der Waals surface area (Å²) in [6.07, 6.45) is 4.01. The normalized spacial score (nSPS) is 25.3. The highest BCUT2D eigenvalue weighted by Crippen LogP contribution is 2.34. The van der Waals surface area contributed by atoms with Gasteiger partial charge in [0, 0.05) is 17.5 Å². The summed E-state index contributed by atoms with van der Waals surface area (Å²) in [6.45, 7) is 0.759. The third-order valence-electron chi connectivity index (χ3n) is 4.94. The van der Waals surface area contributed by atoms with E-state index in [0.29, 0.717) is 17.9 Å². The van der Waals surface area contributed by atoms with E-state index in [2.05, 4.69) is 0 Å². The minimum atomic E-state index is -2.94. The summed E-state index contributed by atoms with van der Waals surface area (Å²) in [4.78, 5) is 14.9. The number of sulfone groups is 1. The van der Waals surface area contributed by atoms with Crippen LogP contribution >= 0.6 is 11.6 Å². The van der Waals surface area contributed by atoms with Crippen LogP contribution in [0.25, 0.3) is 0 Å². The van der Waals surface area contributed by atoms with Gasteiger partial charge in [-0.15, -0.1) is 0 Å². The third kappa shape index (κ3) is 3.89. The van der Waals surface area contributed by atoms with Gasteiger partial charge in [-0.3, -0.25) is 4.79 Å². The first-order valence-corrected chi connectivity index (χ1v) is 10.4. The van der Waals surface area contributed by atoms with Crippen LogP contribution in [0.4, 0.5) is 0 Å². The van der Waals surface area contributed by atoms with Crippen LogP contribution in [0, 0.1) is 5.92 Å². The molecule has 2 saturated heterocycles. The molecule has 3 rings (SSSR count). The van der Waals surface area contributed by atoms with Gasteiger partial charge in [0.1, 0.15) is 9.84 Å². The molecule has 2 heterocycles. The molecule has 4 nitrogen and oxygen atoms in total. The summed E-state index contributed by atoms with van der Waals surface area (Å²) >= 11 is 5.96. The number of piperidine rings is 1. The van der Waals surface area contributed by atoms with E-state index in [0.717, 1.165) is 31.4 Å². The van der Waals surface area contributed by atoms with Crippen molar-refractivity contribution in [3.63, 3.8) is 0 Å². The van der Waals surface area contributed by atoms with Gasteiger partial charge in [0.25, 0.3) is 0 Å². The Hall–Kier alpha value is -1.07. The van der Waals surface area contributed by atoms with Crippen LogP contribution < -0.4 is 0 Å². The summed E-state index contributed by atoms with van der Waals surface area (Å²) in [7, 11) is -2.94. The number of halogens is 1. The molecule has 0 N–H and O–H groups in total. The summed E-state index contributed by atoms with van der Waals surface area (Å²) in [5.41, 5.74) is 1.12. The molecular weight excluding hydrogens is 334 g/mol. The van der Waals surface area contributed by atoms with Crippen LogP contribution in [0.5, 0.6) is 0 Å². The number of hydrogen-bond donors (Lipinski definition) is 0. The molecule has 1 amide bonds. The number of benzene rings is 1. The van der Waals surface area contributed by atoms with Gasteiger partial charge in [0.05, 0.1) is 17.5 Å². The quantitative estimate of drug-likeness (QED) is 0.818. The second kappa shape index (κ2) is 6.81. The maximum absolute atomic E-state index is 12.9. The largest absolute Gasteiger partial charge is 0.335 e. The average molecular weight is 356 g/mol. The lowest BCUT2D eigenvalue weighted by Gasteiger charge is -2.39. The van der Waals surface area contributed by atoms with E-state index in [1.54, 1.807) is 0 Å². The Labute approximate surface area is 142 Å². The molecule has 1 atom stereocenters. The second-order valence-corrected chi connectivity index (χ2v) is 9.26. The first kappa shape index (κ1) is 16.8. The topological polar surface area (TPSA) is 54.5 Å². The molecule has 1 aromatic carbocycles. The Kier molecular flexibility index (Phi) is 4.97.